The van der Waals surface area contributed by atoms with Gasteiger partial charge < -0.3 is 24.1 Å². The molecule has 0 saturated heterocycles. The molecule has 0 heterocycles. The van der Waals surface area contributed by atoms with Crippen LogP contribution in [0.15, 0.2) is 0 Å². The van der Waals surface area contributed by atoms with E-state index in [1.54, 1.807) is 0 Å². The predicted molar refractivity (Wildman–Crippen MR) is 236 cm³/mol. The van der Waals surface area contributed by atoms with Crippen molar-refractivity contribution in [2.24, 2.45) is 0 Å². The summed E-state index contributed by atoms with van der Waals surface area (Å²) in [6.45, 7) is 10.4. The summed E-state index contributed by atoms with van der Waals surface area (Å²) in [4.78, 5) is 25.4. The van der Waals surface area contributed by atoms with Gasteiger partial charge in [-0.1, -0.05) is 169 Å². The van der Waals surface area contributed by atoms with Crippen LogP contribution in [0.4, 0.5) is 0 Å². The first-order chi connectivity index (χ1) is 27.5. The molecule has 7 nitrogen and oxygen atoms in total. The van der Waals surface area contributed by atoms with Crippen LogP contribution in [0.25, 0.3) is 0 Å². The van der Waals surface area contributed by atoms with Crippen molar-refractivity contribution in [1.82, 2.24) is 0 Å². The average Bonchev–Trinajstić information content (AvgIpc) is 3.19. The monoisotopic (exact) mass is 797 g/mol. The Hall–Kier alpha value is -1.18. The van der Waals surface area contributed by atoms with E-state index in [0.29, 0.717) is 32.7 Å². The van der Waals surface area contributed by atoms with E-state index in [2.05, 4.69) is 27.7 Å². The molecule has 0 amide bonds. The number of aliphatic hydroxyl groups excluding tert-OH is 1. The Morgan fingerprint density at radius 3 is 1.07 bits per heavy atom. The number of aliphatic hydroxyl groups is 1. The second-order valence-corrected chi connectivity index (χ2v) is 16.8. The van der Waals surface area contributed by atoms with Crippen LogP contribution in [0.3, 0.4) is 0 Å². The van der Waals surface area contributed by atoms with Crippen LogP contribution in [0.2, 0.25) is 0 Å². The average molecular weight is 797 g/mol. The van der Waals surface area contributed by atoms with Crippen LogP contribution in [-0.2, 0) is 28.5 Å². The SMILES string of the molecule is CCCCCCCCC(CCCCCCCC)OC(=O)CCCCCOCC(CO)OCCCCCC(=O)OC(CCCCCCCC)CCCCCCCC. The van der Waals surface area contributed by atoms with Gasteiger partial charge in [-0.05, 0) is 77.0 Å². The molecule has 0 aromatic rings. The first-order valence-electron chi connectivity index (χ1n) is 24.7. The molecule has 0 aromatic heterocycles. The molecule has 0 radical (unpaired) electrons. The van der Waals surface area contributed by atoms with E-state index in [9.17, 15) is 14.7 Å². The number of rotatable bonds is 46. The fraction of sp³-hybridized carbons (Fsp3) is 0.959. The summed E-state index contributed by atoms with van der Waals surface area (Å²) in [6, 6.07) is 0. The smallest absolute Gasteiger partial charge is 0.306 e. The van der Waals surface area contributed by atoms with Gasteiger partial charge in [-0.15, -0.1) is 0 Å². The zero-order valence-electron chi connectivity index (χ0n) is 37.9. The lowest BCUT2D eigenvalue weighted by Gasteiger charge is -2.18. The highest BCUT2D eigenvalue weighted by molar-refractivity contribution is 5.69. The largest absolute Gasteiger partial charge is 0.462 e. The van der Waals surface area contributed by atoms with E-state index < -0.39 is 0 Å². The molecule has 1 N–H and O–H groups in total. The molecule has 0 aliphatic carbocycles. The maximum Gasteiger partial charge on any atom is 0.306 e. The quantitative estimate of drug-likeness (QED) is 0.0484. The Labute approximate surface area is 348 Å². The number of hydrogen-bond acceptors (Lipinski definition) is 7. The second kappa shape index (κ2) is 44.9. The molecule has 0 aromatic carbocycles. The van der Waals surface area contributed by atoms with Gasteiger partial charge in [0.15, 0.2) is 0 Å². The van der Waals surface area contributed by atoms with Crippen molar-refractivity contribution < 1.29 is 33.6 Å². The van der Waals surface area contributed by atoms with Gasteiger partial charge in [0.1, 0.15) is 18.3 Å². The summed E-state index contributed by atoms with van der Waals surface area (Å²) in [5.41, 5.74) is 0. The van der Waals surface area contributed by atoms with E-state index in [-0.39, 0.29) is 36.9 Å². The Morgan fingerprint density at radius 1 is 0.393 bits per heavy atom. The fourth-order valence-electron chi connectivity index (χ4n) is 7.44. The first-order valence-corrected chi connectivity index (χ1v) is 24.7. The van der Waals surface area contributed by atoms with Crippen molar-refractivity contribution in [3.8, 4) is 0 Å². The zero-order valence-corrected chi connectivity index (χ0v) is 37.9. The Bertz CT molecular complexity index is 773. The fourth-order valence-corrected chi connectivity index (χ4v) is 7.44. The number of hydrogen-bond donors (Lipinski definition) is 1. The van der Waals surface area contributed by atoms with Gasteiger partial charge in [0.2, 0.25) is 0 Å². The van der Waals surface area contributed by atoms with E-state index in [0.717, 1.165) is 89.9 Å². The number of ether oxygens (including phenoxy) is 4. The highest BCUT2D eigenvalue weighted by atomic mass is 16.5. The summed E-state index contributed by atoms with van der Waals surface area (Å²) in [6.07, 6.45) is 40.2. The van der Waals surface area contributed by atoms with E-state index in [4.69, 9.17) is 18.9 Å². The molecule has 0 aliphatic rings. The molecule has 334 valence electrons. The van der Waals surface area contributed by atoms with Crippen LogP contribution < -0.4 is 0 Å². The molecule has 0 saturated carbocycles. The second-order valence-electron chi connectivity index (χ2n) is 16.8. The minimum Gasteiger partial charge on any atom is -0.462 e. The van der Waals surface area contributed by atoms with Crippen molar-refractivity contribution in [2.45, 2.75) is 277 Å². The molecule has 56 heavy (non-hydrogen) atoms. The van der Waals surface area contributed by atoms with Crippen LogP contribution >= 0.6 is 0 Å². The molecular weight excluding hydrogens is 701 g/mol. The number of esters is 2. The van der Waals surface area contributed by atoms with Crippen molar-refractivity contribution >= 4 is 11.9 Å². The molecule has 1 atom stereocenters. The lowest BCUT2D eigenvalue weighted by atomic mass is 10.0. The lowest BCUT2D eigenvalue weighted by molar-refractivity contribution is -0.151. The molecule has 0 bridgehead atoms. The van der Waals surface area contributed by atoms with Crippen LogP contribution in [0.1, 0.15) is 259 Å². The van der Waals surface area contributed by atoms with Crippen molar-refractivity contribution in [3.63, 3.8) is 0 Å². The zero-order chi connectivity index (χ0) is 41.0. The highest BCUT2D eigenvalue weighted by Crippen LogP contribution is 2.20. The predicted octanol–water partition coefficient (Wildman–Crippen LogP) is 14.3. The van der Waals surface area contributed by atoms with E-state index in [1.165, 1.54) is 128 Å². The van der Waals surface area contributed by atoms with E-state index >= 15 is 0 Å². The van der Waals surface area contributed by atoms with Crippen molar-refractivity contribution in [1.29, 1.82) is 0 Å². The topological polar surface area (TPSA) is 91.3 Å². The third-order valence-electron chi connectivity index (χ3n) is 11.2. The molecular formula is C49H96O7. The summed E-state index contributed by atoms with van der Waals surface area (Å²) < 4.78 is 23.6. The molecule has 0 aliphatic heterocycles. The van der Waals surface area contributed by atoms with Gasteiger partial charge in [0, 0.05) is 26.1 Å². The standard InChI is InChI=1S/C49H96O7/c1-5-9-13-17-21-27-35-45(36-28-22-18-14-10-6-2)55-48(51)39-31-25-33-41-53-44-47(43-50)54-42-34-26-32-40-49(52)56-46(37-29-23-19-15-11-7-3)38-30-24-20-16-12-8-4/h45-47,50H,5-44H2,1-4H3. The molecule has 0 rings (SSSR count). The lowest BCUT2D eigenvalue weighted by Crippen LogP contribution is -2.25. The third-order valence-corrected chi connectivity index (χ3v) is 11.2. The van der Waals surface area contributed by atoms with Gasteiger partial charge in [-0.25, -0.2) is 0 Å². The Balaban J connectivity index is 4.16. The molecule has 1 unspecified atom stereocenters. The summed E-state index contributed by atoms with van der Waals surface area (Å²) in [5.74, 6) is -0.0997. The minimum atomic E-state index is -0.338. The van der Waals surface area contributed by atoms with Crippen LogP contribution in [-0.4, -0.2) is 61.8 Å². The number of carbonyl (C=O) groups is 2. The summed E-state index contributed by atoms with van der Waals surface area (Å²) in [5, 5.41) is 9.78. The van der Waals surface area contributed by atoms with Gasteiger partial charge in [-0.2, -0.15) is 0 Å². The van der Waals surface area contributed by atoms with Crippen molar-refractivity contribution in [2.75, 3.05) is 26.4 Å². The van der Waals surface area contributed by atoms with Crippen molar-refractivity contribution in [3.05, 3.63) is 0 Å². The molecule has 7 heteroatoms. The van der Waals surface area contributed by atoms with Gasteiger partial charge in [0.25, 0.3) is 0 Å². The Kier molecular flexibility index (Phi) is 44.0. The van der Waals surface area contributed by atoms with Gasteiger partial charge in [0.05, 0.1) is 13.2 Å². The normalized spacial score (nSPS) is 12.2. The number of unbranched alkanes of at least 4 members (excludes halogenated alkanes) is 24. The molecule has 0 spiro atoms. The van der Waals surface area contributed by atoms with Crippen LogP contribution in [0.5, 0.6) is 0 Å². The van der Waals surface area contributed by atoms with Crippen LogP contribution in [0, 0.1) is 0 Å². The van der Waals surface area contributed by atoms with Gasteiger partial charge >= 0.3 is 11.9 Å². The van der Waals surface area contributed by atoms with E-state index in [1.807, 2.05) is 0 Å². The number of carbonyl (C=O) groups excluding carboxylic acids is 2. The molecule has 0 fully saturated rings. The maximum absolute atomic E-state index is 12.7. The summed E-state index contributed by atoms with van der Waals surface area (Å²) in [7, 11) is 0. The van der Waals surface area contributed by atoms with Gasteiger partial charge in [-0.3, -0.25) is 9.59 Å². The first kappa shape index (κ1) is 54.8. The maximum atomic E-state index is 12.7. The third kappa shape index (κ3) is 39.6. The highest BCUT2D eigenvalue weighted by Gasteiger charge is 2.16. The minimum absolute atomic E-state index is 0.0466. The Morgan fingerprint density at radius 2 is 0.714 bits per heavy atom. The summed E-state index contributed by atoms with van der Waals surface area (Å²) >= 11 is 0.